The second-order valence-corrected chi connectivity index (χ2v) is 9.30. The molecule has 0 spiro atoms. The molecule has 0 unspecified atom stereocenters. The quantitative estimate of drug-likeness (QED) is 0.144. The van der Waals surface area contributed by atoms with Gasteiger partial charge in [0.1, 0.15) is 11.9 Å². The minimum absolute atomic E-state index is 0.0743. The summed E-state index contributed by atoms with van der Waals surface area (Å²) >= 11 is 0. The van der Waals surface area contributed by atoms with Gasteiger partial charge in [-0.3, -0.25) is 4.18 Å². The van der Waals surface area contributed by atoms with Gasteiger partial charge in [-0.1, -0.05) is 93.7 Å². The van der Waals surface area contributed by atoms with E-state index in [0.717, 1.165) is 18.4 Å². The summed E-state index contributed by atoms with van der Waals surface area (Å²) < 4.78 is 34.6. The van der Waals surface area contributed by atoms with Crippen molar-refractivity contribution in [2.24, 2.45) is 0 Å². The average Bonchev–Trinajstić information content (AvgIpc) is 3.46. The maximum atomic E-state index is 12.0. The normalized spacial score (nSPS) is 19.3. The molecule has 29 heavy (non-hydrogen) atoms. The molecular formula is C24H36O4S. The Hall–Kier alpha value is -1.43. The third-order valence-electron chi connectivity index (χ3n) is 4.98. The van der Waals surface area contributed by atoms with Crippen molar-refractivity contribution in [3.05, 3.63) is 60.2 Å². The molecule has 1 aromatic carbocycles. The van der Waals surface area contributed by atoms with Crippen molar-refractivity contribution in [3.8, 4) is 0 Å². The Labute approximate surface area is 177 Å². The van der Waals surface area contributed by atoms with Crippen molar-refractivity contribution >= 4 is 10.1 Å². The molecule has 2 rings (SSSR count). The van der Waals surface area contributed by atoms with E-state index in [-0.39, 0.29) is 24.6 Å². The van der Waals surface area contributed by atoms with E-state index in [9.17, 15) is 8.42 Å². The zero-order chi connectivity index (χ0) is 20.8. The van der Waals surface area contributed by atoms with Crippen molar-refractivity contribution < 1.29 is 17.3 Å². The highest BCUT2D eigenvalue weighted by Gasteiger charge is 2.38. The lowest BCUT2D eigenvalue weighted by atomic mass is 10.1. The van der Waals surface area contributed by atoms with Crippen LogP contribution in [0.4, 0.5) is 0 Å². The molecule has 0 bridgehead atoms. The molecule has 5 heteroatoms. The zero-order valence-corrected chi connectivity index (χ0v) is 18.5. The van der Waals surface area contributed by atoms with Crippen molar-refractivity contribution in [2.75, 3.05) is 6.61 Å². The molecule has 1 aromatic rings. The number of epoxide rings is 1. The second-order valence-electron chi connectivity index (χ2n) is 7.66. The van der Waals surface area contributed by atoms with Crippen LogP contribution in [0.25, 0.3) is 0 Å². The van der Waals surface area contributed by atoms with E-state index in [1.165, 1.54) is 44.9 Å². The average molecular weight is 421 g/mol. The van der Waals surface area contributed by atoms with Crippen LogP contribution < -0.4 is 0 Å². The Kier molecular flexibility index (Phi) is 11.3. The van der Waals surface area contributed by atoms with Crippen LogP contribution in [0.2, 0.25) is 0 Å². The molecule has 1 aliphatic rings. The van der Waals surface area contributed by atoms with E-state index in [4.69, 9.17) is 8.92 Å². The van der Waals surface area contributed by atoms with E-state index in [2.05, 4.69) is 31.2 Å². The van der Waals surface area contributed by atoms with Crippen LogP contribution in [0.15, 0.2) is 54.6 Å². The molecule has 0 aromatic heterocycles. The van der Waals surface area contributed by atoms with Crippen LogP contribution in [-0.2, 0) is 24.8 Å². The first kappa shape index (κ1) is 23.8. The van der Waals surface area contributed by atoms with E-state index in [0.29, 0.717) is 0 Å². The Morgan fingerprint density at radius 3 is 2.45 bits per heavy atom. The third-order valence-corrected chi connectivity index (χ3v) is 6.17. The second kappa shape index (κ2) is 13.7. The molecule has 1 aliphatic heterocycles. The number of ether oxygens (including phenoxy) is 1. The van der Waals surface area contributed by atoms with Crippen LogP contribution in [0.1, 0.15) is 70.3 Å². The van der Waals surface area contributed by atoms with Crippen LogP contribution >= 0.6 is 0 Å². The number of hydrogen-bond acceptors (Lipinski definition) is 4. The van der Waals surface area contributed by atoms with E-state index >= 15 is 0 Å². The van der Waals surface area contributed by atoms with Gasteiger partial charge in [-0.05, 0) is 31.2 Å². The predicted octanol–water partition coefficient (Wildman–Crippen LogP) is 5.94. The maximum Gasteiger partial charge on any atom is 0.271 e. The highest BCUT2D eigenvalue weighted by Crippen LogP contribution is 2.26. The summed E-state index contributed by atoms with van der Waals surface area (Å²) in [5.74, 6) is -0.101. The van der Waals surface area contributed by atoms with E-state index < -0.39 is 10.1 Å². The van der Waals surface area contributed by atoms with Gasteiger partial charge in [0.05, 0.1) is 12.7 Å². The van der Waals surface area contributed by atoms with Gasteiger partial charge in [-0.15, -0.1) is 0 Å². The van der Waals surface area contributed by atoms with Gasteiger partial charge in [0.15, 0.2) is 0 Å². The summed E-state index contributed by atoms with van der Waals surface area (Å²) in [5.41, 5.74) is 0.730. The van der Waals surface area contributed by atoms with Crippen LogP contribution in [0.3, 0.4) is 0 Å². The molecule has 0 N–H and O–H groups in total. The van der Waals surface area contributed by atoms with Crippen LogP contribution in [0.5, 0.6) is 0 Å². The third kappa shape index (κ3) is 11.4. The summed E-state index contributed by atoms with van der Waals surface area (Å²) in [6, 6.07) is 9.06. The fourth-order valence-corrected chi connectivity index (χ4v) is 4.21. The molecule has 4 nitrogen and oxygen atoms in total. The number of unbranched alkanes of at least 4 members (excludes halogenated alkanes) is 6. The fourth-order valence-electron chi connectivity index (χ4n) is 3.19. The minimum atomic E-state index is -3.57. The first-order valence-electron chi connectivity index (χ1n) is 11.0. The molecule has 0 radical (unpaired) electrons. The summed E-state index contributed by atoms with van der Waals surface area (Å²) in [6.45, 7) is 2.35. The SMILES string of the molecule is CCCCCCCC/C=C\C/C=C\C[C@H]1O[C@H]1COS(=O)(=O)Cc1ccccc1. The highest BCUT2D eigenvalue weighted by atomic mass is 32.2. The Morgan fingerprint density at radius 2 is 1.66 bits per heavy atom. The highest BCUT2D eigenvalue weighted by molar-refractivity contribution is 7.85. The Balaban J connectivity index is 1.48. The number of allylic oxidation sites excluding steroid dienone is 3. The maximum absolute atomic E-state index is 12.0. The molecule has 0 amide bonds. The predicted molar refractivity (Wildman–Crippen MR) is 119 cm³/mol. The molecule has 1 fully saturated rings. The lowest BCUT2D eigenvalue weighted by Crippen LogP contribution is -2.14. The van der Waals surface area contributed by atoms with Gasteiger partial charge in [-0.25, -0.2) is 0 Å². The number of hydrogen-bond donors (Lipinski definition) is 0. The van der Waals surface area contributed by atoms with Gasteiger partial charge >= 0.3 is 0 Å². The standard InChI is InChI=1S/C24H36O4S/c1-2-3-4-5-6-7-8-9-10-11-12-16-19-23-24(28-23)20-27-29(25,26)21-22-17-14-13-15-18-22/h9-10,12-18,23-24H,2-8,11,19-21H2,1H3/b10-9-,16-12-/t23-,24+/m1/s1. The number of benzene rings is 1. The molecular weight excluding hydrogens is 384 g/mol. The van der Waals surface area contributed by atoms with Crippen molar-refractivity contribution in [3.63, 3.8) is 0 Å². The smallest absolute Gasteiger partial charge is 0.271 e. The van der Waals surface area contributed by atoms with Gasteiger partial charge in [0.2, 0.25) is 0 Å². The summed E-state index contributed by atoms with van der Waals surface area (Å²) in [7, 11) is -3.57. The van der Waals surface area contributed by atoms with Gasteiger partial charge in [-0.2, -0.15) is 8.42 Å². The molecule has 162 valence electrons. The lowest BCUT2D eigenvalue weighted by molar-refractivity contribution is 0.263. The monoisotopic (exact) mass is 420 g/mol. The first-order chi connectivity index (χ1) is 14.1. The molecule has 0 aliphatic carbocycles. The summed E-state index contributed by atoms with van der Waals surface area (Å²) in [4.78, 5) is 0. The van der Waals surface area contributed by atoms with Crippen LogP contribution in [-0.4, -0.2) is 27.2 Å². The first-order valence-corrected chi connectivity index (χ1v) is 12.5. The summed E-state index contributed by atoms with van der Waals surface area (Å²) in [6.07, 6.45) is 19.6. The Morgan fingerprint density at radius 1 is 0.931 bits per heavy atom. The zero-order valence-electron chi connectivity index (χ0n) is 17.7. The van der Waals surface area contributed by atoms with E-state index in [1.807, 2.05) is 18.2 Å². The van der Waals surface area contributed by atoms with Crippen molar-refractivity contribution in [2.45, 2.75) is 82.7 Å². The van der Waals surface area contributed by atoms with Crippen LogP contribution in [0, 0.1) is 0 Å². The van der Waals surface area contributed by atoms with E-state index in [1.54, 1.807) is 12.1 Å². The molecule has 1 heterocycles. The Bertz CT molecular complexity index is 710. The number of rotatable bonds is 16. The van der Waals surface area contributed by atoms with Gasteiger partial charge in [0, 0.05) is 0 Å². The summed E-state index contributed by atoms with van der Waals surface area (Å²) in [5, 5.41) is 0. The minimum Gasteiger partial charge on any atom is -0.367 e. The van der Waals surface area contributed by atoms with Crippen molar-refractivity contribution in [1.29, 1.82) is 0 Å². The largest absolute Gasteiger partial charge is 0.367 e. The lowest BCUT2D eigenvalue weighted by Gasteiger charge is -2.04. The van der Waals surface area contributed by atoms with Gasteiger partial charge < -0.3 is 4.74 Å². The molecule has 2 atom stereocenters. The molecule has 0 saturated carbocycles. The fraction of sp³-hybridized carbons (Fsp3) is 0.583. The van der Waals surface area contributed by atoms with Gasteiger partial charge in [0.25, 0.3) is 10.1 Å². The molecule has 1 saturated heterocycles. The van der Waals surface area contributed by atoms with Crippen molar-refractivity contribution in [1.82, 2.24) is 0 Å². The topological polar surface area (TPSA) is 55.9 Å².